The third kappa shape index (κ3) is 6.61. The van der Waals surface area contributed by atoms with Crippen LogP contribution in [-0.4, -0.2) is 54.0 Å². The number of fused-ring (bicyclic) bond motifs is 2. The molecule has 0 aliphatic carbocycles. The summed E-state index contributed by atoms with van der Waals surface area (Å²) in [5, 5.41) is 7.32. The summed E-state index contributed by atoms with van der Waals surface area (Å²) in [7, 11) is 0. The van der Waals surface area contributed by atoms with Crippen molar-refractivity contribution < 1.29 is 23.9 Å². The predicted molar refractivity (Wildman–Crippen MR) is 187 cm³/mol. The largest absolute Gasteiger partial charge is 0.490 e. The first-order valence-corrected chi connectivity index (χ1v) is 17.2. The zero-order valence-corrected chi connectivity index (χ0v) is 29.5. The lowest BCUT2D eigenvalue weighted by atomic mass is 9.59. The normalized spacial score (nSPS) is 23.5. The molecule has 2 amide bonds. The van der Waals surface area contributed by atoms with Crippen LogP contribution < -0.4 is 15.4 Å². The van der Waals surface area contributed by atoms with E-state index < -0.39 is 23.0 Å². The highest BCUT2D eigenvalue weighted by atomic mass is 127. The Morgan fingerprint density at radius 1 is 1.02 bits per heavy atom. The molecule has 2 N–H and O–H groups in total. The molecular formula is C35H36Cl2IN3O5. The third-order valence-electron chi connectivity index (χ3n) is 8.89. The summed E-state index contributed by atoms with van der Waals surface area (Å²) in [6.45, 7) is 7.19. The van der Waals surface area contributed by atoms with E-state index in [0.717, 1.165) is 20.3 Å². The van der Waals surface area contributed by atoms with Crippen LogP contribution in [0.2, 0.25) is 10.0 Å². The Balaban J connectivity index is 1.36. The number of halogens is 3. The Morgan fingerprint density at radius 2 is 1.76 bits per heavy atom. The first-order valence-electron chi connectivity index (χ1n) is 15.4. The van der Waals surface area contributed by atoms with E-state index in [9.17, 15) is 14.4 Å². The molecule has 242 valence electrons. The van der Waals surface area contributed by atoms with Crippen LogP contribution >= 0.6 is 45.8 Å². The molecule has 0 aromatic heterocycles. The smallest absolute Gasteiger partial charge is 0.320 e. The van der Waals surface area contributed by atoms with Crippen molar-refractivity contribution in [3.05, 3.63) is 91.0 Å². The van der Waals surface area contributed by atoms with Gasteiger partial charge in [-0.1, -0.05) is 41.4 Å². The Morgan fingerprint density at radius 3 is 2.48 bits per heavy atom. The maximum Gasteiger partial charge on any atom is 0.320 e. The average molecular weight is 776 g/mol. The topological polar surface area (TPSA) is 97.0 Å². The van der Waals surface area contributed by atoms with Crippen LogP contribution in [-0.2, 0) is 24.5 Å². The van der Waals surface area contributed by atoms with Crippen molar-refractivity contribution in [1.29, 1.82) is 0 Å². The lowest BCUT2D eigenvalue weighted by Gasteiger charge is -2.47. The second-order valence-electron chi connectivity index (χ2n) is 13.2. The maximum atomic E-state index is 14.5. The van der Waals surface area contributed by atoms with Crippen molar-refractivity contribution in [2.75, 3.05) is 25.0 Å². The molecule has 6 rings (SSSR count). The zero-order chi connectivity index (χ0) is 32.8. The molecule has 3 aliphatic heterocycles. The van der Waals surface area contributed by atoms with Gasteiger partial charge in [0, 0.05) is 50.3 Å². The van der Waals surface area contributed by atoms with E-state index >= 15 is 0 Å². The van der Waals surface area contributed by atoms with Gasteiger partial charge >= 0.3 is 5.97 Å². The number of nitrogens with zero attached hydrogens (tertiary/aromatic N) is 1. The van der Waals surface area contributed by atoms with Gasteiger partial charge in [-0.3, -0.25) is 19.3 Å². The summed E-state index contributed by atoms with van der Waals surface area (Å²) < 4.78 is 13.1. The zero-order valence-electron chi connectivity index (χ0n) is 25.9. The lowest BCUT2D eigenvalue weighted by molar-refractivity contribution is -0.156. The monoisotopic (exact) mass is 775 g/mol. The molecule has 46 heavy (non-hydrogen) atoms. The molecule has 2 fully saturated rings. The number of nitrogens with one attached hydrogen (secondary N) is 2. The van der Waals surface area contributed by atoms with E-state index in [0.29, 0.717) is 47.4 Å². The standard InChI is InChI=1S/C35H36Cl2IN3O5/c1-34(2,3)46-31(43)19-41-13-11-24(12-14-41)45-29-10-8-23(38)17-25(29)32-35(26-9-7-22(37)16-28(26)39-33(35)44)27(18-30(42)40-32)20-5-4-6-21(36)15-20/h4-10,15-17,24,27,32H,11-14,18-19H2,1-3H3,(H,39,44)(H,40,42)/t27-,32+,35-/m0/s1. The molecule has 2 saturated heterocycles. The molecule has 0 unspecified atom stereocenters. The molecular weight excluding hydrogens is 740 g/mol. The summed E-state index contributed by atoms with van der Waals surface area (Å²) in [5.41, 5.74) is 1.17. The molecule has 8 nitrogen and oxygen atoms in total. The number of anilines is 1. The minimum Gasteiger partial charge on any atom is -0.490 e. The molecule has 0 saturated carbocycles. The fourth-order valence-electron chi connectivity index (χ4n) is 7.04. The van der Waals surface area contributed by atoms with Gasteiger partial charge in [0.1, 0.15) is 22.9 Å². The van der Waals surface area contributed by atoms with Crippen LogP contribution in [0.3, 0.4) is 0 Å². The average Bonchev–Trinajstić information content (AvgIpc) is 3.25. The van der Waals surface area contributed by atoms with Gasteiger partial charge in [0.15, 0.2) is 0 Å². The Bertz CT molecular complexity index is 1690. The highest BCUT2D eigenvalue weighted by Crippen LogP contribution is 2.58. The van der Waals surface area contributed by atoms with Crippen LogP contribution in [0.4, 0.5) is 5.69 Å². The molecule has 0 radical (unpaired) electrons. The van der Waals surface area contributed by atoms with Crippen molar-refractivity contribution in [1.82, 2.24) is 10.2 Å². The maximum absolute atomic E-state index is 14.5. The molecule has 0 bridgehead atoms. The molecule has 1 spiro atoms. The number of ether oxygens (including phenoxy) is 2. The Kier molecular flexibility index (Phi) is 9.32. The molecule has 3 aliphatic rings. The van der Waals surface area contributed by atoms with Gasteiger partial charge < -0.3 is 20.1 Å². The predicted octanol–water partition coefficient (Wildman–Crippen LogP) is 7.02. The van der Waals surface area contributed by atoms with Crippen molar-refractivity contribution in [3.63, 3.8) is 0 Å². The Hall–Kier alpha value is -2.86. The summed E-state index contributed by atoms with van der Waals surface area (Å²) in [6.07, 6.45) is 1.41. The Labute approximate surface area is 292 Å². The fourth-order valence-corrected chi connectivity index (χ4v) is 7.93. The number of hydrogen-bond donors (Lipinski definition) is 2. The number of likely N-dealkylation sites (tertiary alicyclic amines) is 1. The number of amides is 2. The number of benzene rings is 3. The minimum absolute atomic E-state index is 0.0998. The summed E-state index contributed by atoms with van der Waals surface area (Å²) in [6, 6.07) is 17.9. The van der Waals surface area contributed by atoms with Crippen molar-refractivity contribution in [2.45, 2.75) is 69.1 Å². The second kappa shape index (κ2) is 13.0. The number of carbonyl (C=O) groups excluding carboxylic acids is 3. The van der Waals surface area contributed by atoms with E-state index in [2.05, 4.69) is 38.1 Å². The van der Waals surface area contributed by atoms with Crippen LogP contribution in [0.5, 0.6) is 5.75 Å². The van der Waals surface area contributed by atoms with E-state index in [1.165, 1.54) is 0 Å². The van der Waals surface area contributed by atoms with Crippen LogP contribution in [0.1, 0.15) is 68.7 Å². The first kappa shape index (κ1) is 33.1. The molecule has 3 atom stereocenters. The second-order valence-corrected chi connectivity index (χ2v) is 15.3. The number of esters is 1. The number of rotatable bonds is 6. The number of hydrogen-bond acceptors (Lipinski definition) is 6. The highest BCUT2D eigenvalue weighted by molar-refractivity contribution is 14.1. The van der Waals surface area contributed by atoms with Crippen molar-refractivity contribution in [3.8, 4) is 5.75 Å². The highest BCUT2D eigenvalue weighted by Gasteiger charge is 2.61. The summed E-state index contributed by atoms with van der Waals surface area (Å²) >= 11 is 15.1. The van der Waals surface area contributed by atoms with Crippen LogP contribution in [0.25, 0.3) is 0 Å². The fraction of sp³-hybridized carbons (Fsp3) is 0.400. The van der Waals surface area contributed by atoms with E-state index in [4.69, 9.17) is 32.7 Å². The van der Waals surface area contributed by atoms with E-state index in [1.54, 1.807) is 18.2 Å². The third-order valence-corrected chi connectivity index (χ3v) is 10.0. The SMILES string of the molecule is CC(C)(C)OC(=O)CN1CCC(Oc2ccc(I)cc2[C@H]2NC(=O)C[C@@H](c3cccc(Cl)c3)[C@]23C(=O)Nc2cc(Cl)ccc23)CC1. The van der Waals surface area contributed by atoms with Crippen LogP contribution in [0.15, 0.2) is 60.7 Å². The van der Waals surface area contributed by atoms with Gasteiger partial charge in [-0.2, -0.15) is 0 Å². The van der Waals surface area contributed by atoms with Crippen LogP contribution in [0, 0.1) is 3.57 Å². The molecule has 11 heteroatoms. The van der Waals surface area contributed by atoms with Crippen molar-refractivity contribution >= 4 is 69.3 Å². The number of piperidine rings is 2. The minimum atomic E-state index is -1.21. The van der Waals surface area contributed by atoms with E-state index in [1.807, 2.05) is 63.2 Å². The van der Waals surface area contributed by atoms with E-state index in [-0.39, 0.29) is 36.9 Å². The summed E-state index contributed by atoms with van der Waals surface area (Å²) in [4.78, 5) is 42.5. The lowest BCUT2D eigenvalue weighted by Crippen LogP contribution is -2.57. The van der Waals surface area contributed by atoms with Gasteiger partial charge in [-0.15, -0.1) is 0 Å². The van der Waals surface area contributed by atoms with Gasteiger partial charge in [-0.25, -0.2) is 0 Å². The first-order chi connectivity index (χ1) is 21.8. The van der Waals surface area contributed by atoms with Gasteiger partial charge in [-0.05, 0) is 110 Å². The quantitative estimate of drug-likeness (QED) is 0.207. The van der Waals surface area contributed by atoms with Gasteiger partial charge in [0.2, 0.25) is 11.8 Å². The molecule has 3 aromatic rings. The van der Waals surface area contributed by atoms with Gasteiger partial charge in [0.05, 0.1) is 12.6 Å². The molecule has 3 heterocycles. The number of carbonyl (C=O) groups is 3. The summed E-state index contributed by atoms with van der Waals surface area (Å²) in [5.74, 6) is -0.543. The molecule has 3 aromatic carbocycles. The van der Waals surface area contributed by atoms with Gasteiger partial charge in [0.25, 0.3) is 0 Å². The van der Waals surface area contributed by atoms with Crippen molar-refractivity contribution in [2.24, 2.45) is 0 Å².